The van der Waals surface area contributed by atoms with Gasteiger partial charge in [-0.1, -0.05) is 23.7 Å². The second-order valence-corrected chi connectivity index (χ2v) is 6.03. The van der Waals surface area contributed by atoms with E-state index in [1.54, 1.807) is 0 Å². The summed E-state index contributed by atoms with van der Waals surface area (Å²) >= 11 is 8.69. The number of hydrogen-bond acceptors (Lipinski definition) is 5. The first kappa shape index (κ1) is 12.7. The van der Waals surface area contributed by atoms with Gasteiger partial charge in [0, 0.05) is 9.99 Å². The van der Waals surface area contributed by atoms with E-state index in [4.69, 9.17) is 17.3 Å². The molecule has 96 valence electrons. The van der Waals surface area contributed by atoms with Gasteiger partial charge in [0.1, 0.15) is 6.34 Å². The number of alkyl halides is 1. The molecule has 1 atom stereocenters. The first-order valence-electron chi connectivity index (χ1n) is 5.55. The van der Waals surface area contributed by atoms with E-state index in [9.17, 15) is 0 Å². The number of amidine groups is 2. The largest absolute Gasteiger partial charge is 0.382 e. The third-order valence-electron chi connectivity index (χ3n) is 2.71. The zero-order chi connectivity index (χ0) is 13.5. The monoisotopic (exact) mass is 385 g/mol. The molecule has 0 spiro atoms. The van der Waals surface area contributed by atoms with E-state index in [0.717, 1.165) is 9.13 Å². The number of hydrogen-bond donors (Lipinski definition) is 1. The van der Waals surface area contributed by atoms with Gasteiger partial charge in [-0.05, 0) is 40.3 Å². The van der Waals surface area contributed by atoms with E-state index in [1.165, 1.54) is 6.34 Å². The van der Waals surface area contributed by atoms with Gasteiger partial charge in [-0.2, -0.15) is 0 Å². The van der Waals surface area contributed by atoms with Crippen molar-refractivity contribution in [2.24, 2.45) is 25.7 Å². The zero-order valence-electron chi connectivity index (χ0n) is 9.72. The molecule has 5 nitrogen and oxygen atoms in total. The molecule has 19 heavy (non-hydrogen) atoms. The lowest BCUT2D eigenvalue weighted by molar-refractivity contribution is 0.629. The Kier molecular flexibility index (Phi) is 3.14. The number of fused-ring (bicyclic) bond motifs is 1. The van der Waals surface area contributed by atoms with Gasteiger partial charge in [0.15, 0.2) is 17.4 Å². The molecular weight excluding hydrogens is 377 g/mol. The first-order chi connectivity index (χ1) is 9.06. The highest BCUT2D eigenvalue weighted by molar-refractivity contribution is 14.1. The van der Waals surface area contributed by atoms with Gasteiger partial charge in [0.05, 0.1) is 0 Å². The van der Waals surface area contributed by atoms with Crippen LogP contribution in [0.2, 0.25) is 0 Å². The van der Waals surface area contributed by atoms with Crippen LogP contribution in [0.4, 0.5) is 0 Å². The average molecular weight is 386 g/mol. The number of nitrogens with two attached hydrogens (primary N) is 1. The summed E-state index contributed by atoms with van der Waals surface area (Å²) in [5.41, 5.74) is 7.40. The lowest BCUT2D eigenvalue weighted by Crippen LogP contribution is -2.39. The van der Waals surface area contributed by atoms with Gasteiger partial charge in [-0.15, -0.1) is 0 Å². The molecule has 0 aromatic heterocycles. The Labute approximate surface area is 128 Å². The molecule has 0 saturated heterocycles. The molecule has 1 aromatic carbocycles. The molecule has 2 heterocycles. The quantitative estimate of drug-likeness (QED) is 0.472. The van der Waals surface area contributed by atoms with Crippen molar-refractivity contribution in [3.8, 4) is 0 Å². The normalized spacial score (nSPS) is 24.6. The summed E-state index contributed by atoms with van der Waals surface area (Å²) in [6.45, 7) is 0. The van der Waals surface area contributed by atoms with E-state index >= 15 is 0 Å². The van der Waals surface area contributed by atoms with Crippen LogP contribution in [-0.4, -0.2) is 28.8 Å². The fourth-order valence-corrected chi connectivity index (χ4v) is 2.87. The van der Waals surface area contributed by atoms with Gasteiger partial charge in [-0.3, -0.25) is 0 Å². The minimum absolute atomic E-state index is 0.281. The highest BCUT2D eigenvalue weighted by Crippen LogP contribution is 2.29. The van der Waals surface area contributed by atoms with E-state index in [0.29, 0.717) is 18.0 Å². The van der Waals surface area contributed by atoms with E-state index < -0.39 is 5.12 Å². The molecular formula is C12H9ClIN5. The minimum Gasteiger partial charge on any atom is -0.382 e. The lowest BCUT2D eigenvalue weighted by atomic mass is 10.1. The van der Waals surface area contributed by atoms with Crippen LogP contribution >= 0.6 is 34.2 Å². The van der Waals surface area contributed by atoms with Crippen molar-refractivity contribution in [2.45, 2.75) is 11.5 Å². The van der Waals surface area contributed by atoms with E-state index in [-0.39, 0.29) is 5.84 Å². The highest BCUT2D eigenvalue weighted by atomic mass is 127. The van der Waals surface area contributed by atoms with Crippen molar-refractivity contribution in [3.05, 3.63) is 33.4 Å². The van der Waals surface area contributed by atoms with Crippen LogP contribution in [0.15, 0.2) is 44.2 Å². The second-order valence-electron chi connectivity index (χ2n) is 4.18. The maximum Gasteiger partial charge on any atom is 0.233 e. The predicted octanol–water partition coefficient (Wildman–Crippen LogP) is 1.98. The summed E-state index contributed by atoms with van der Waals surface area (Å²) in [4.78, 5) is 16.6. The third-order valence-corrected chi connectivity index (χ3v) is 3.68. The molecule has 0 bridgehead atoms. The molecule has 2 aliphatic rings. The Hall–Kier alpha value is -1.28. The van der Waals surface area contributed by atoms with Crippen molar-refractivity contribution in [2.75, 3.05) is 0 Å². The highest BCUT2D eigenvalue weighted by Gasteiger charge is 2.34. The summed E-state index contributed by atoms with van der Waals surface area (Å²) in [5, 5.41) is -1.13. The Bertz CT molecular complexity index is 664. The van der Waals surface area contributed by atoms with Gasteiger partial charge in [-0.25, -0.2) is 20.0 Å². The fourth-order valence-electron chi connectivity index (χ4n) is 1.93. The number of halogens is 2. The van der Waals surface area contributed by atoms with Crippen LogP contribution in [0.5, 0.6) is 0 Å². The zero-order valence-corrected chi connectivity index (χ0v) is 12.6. The third kappa shape index (κ3) is 2.55. The van der Waals surface area contributed by atoms with Crippen LogP contribution in [-0.2, 0) is 6.42 Å². The molecule has 0 radical (unpaired) electrons. The number of benzene rings is 1. The molecule has 1 aromatic rings. The standard InChI is InChI=1S/C12H9ClIN5/c13-12(5-7-2-1-3-8(14)4-7)18-10(15)9-11(19-12)17-6-16-9/h1-4,6H,5H2,(H2,15,18). The number of aliphatic imine (C=N–C) groups is 4. The van der Waals surface area contributed by atoms with Gasteiger partial charge in [0.25, 0.3) is 0 Å². The van der Waals surface area contributed by atoms with Crippen LogP contribution < -0.4 is 5.73 Å². The Morgan fingerprint density at radius 2 is 2.16 bits per heavy atom. The van der Waals surface area contributed by atoms with Gasteiger partial charge < -0.3 is 5.73 Å². The van der Waals surface area contributed by atoms with E-state index in [1.807, 2.05) is 24.3 Å². The summed E-state index contributed by atoms with van der Waals surface area (Å²) < 4.78 is 1.14. The molecule has 2 aliphatic heterocycles. The van der Waals surface area contributed by atoms with Crippen LogP contribution in [0, 0.1) is 3.57 Å². The fraction of sp³-hybridized carbons (Fsp3) is 0.167. The van der Waals surface area contributed by atoms with Crippen LogP contribution in [0.25, 0.3) is 0 Å². The summed E-state index contributed by atoms with van der Waals surface area (Å²) in [7, 11) is 0. The summed E-state index contributed by atoms with van der Waals surface area (Å²) in [5.74, 6) is 0.733. The maximum atomic E-state index is 6.44. The van der Waals surface area contributed by atoms with Crippen molar-refractivity contribution >= 4 is 57.9 Å². The Morgan fingerprint density at radius 1 is 1.32 bits per heavy atom. The Balaban J connectivity index is 1.94. The van der Waals surface area contributed by atoms with Gasteiger partial charge >= 0.3 is 0 Å². The maximum absolute atomic E-state index is 6.44. The lowest BCUT2D eigenvalue weighted by Gasteiger charge is -2.23. The molecule has 0 aliphatic carbocycles. The summed E-state index contributed by atoms with van der Waals surface area (Å²) in [6, 6.07) is 8.01. The number of rotatable bonds is 2. The molecule has 0 fully saturated rings. The van der Waals surface area contributed by atoms with Crippen LogP contribution in [0.3, 0.4) is 0 Å². The van der Waals surface area contributed by atoms with E-state index in [2.05, 4.69) is 42.6 Å². The van der Waals surface area contributed by atoms with Crippen LogP contribution in [0.1, 0.15) is 5.56 Å². The Morgan fingerprint density at radius 3 is 2.95 bits per heavy atom. The molecule has 3 rings (SSSR count). The minimum atomic E-state index is -1.13. The second kappa shape index (κ2) is 4.68. The van der Waals surface area contributed by atoms with Crippen molar-refractivity contribution < 1.29 is 0 Å². The smallest absolute Gasteiger partial charge is 0.233 e. The van der Waals surface area contributed by atoms with Gasteiger partial charge in [0.2, 0.25) is 5.12 Å². The molecule has 0 saturated carbocycles. The summed E-state index contributed by atoms with van der Waals surface area (Å²) in [6.07, 6.45) is 1.86. The number of nitrogens with zero attached hydrogens (tertiary/aromatic N) is 4. The molecule has 0 amide bonds. The molecule has 1 unspecified atom stereocenters. The topological polar surface area (TPSA) is 75.5 Å². The first-order valence-corrected chi connectivity index (χ1v) is 7.01. The molecule has 7 heteroatoms. The predicted molar refractivity (Wildman–Crippen MR) is 86.4 cm³/mol. The molecule has 2 N–H and O–H groups in total. The van der Waals surface area contributed by atoms with Crippen molar-refractivity contribution in [1.29, 1.82) is 0 Å². The SMILES string of the molecule is NC1=NC(Cl)(Cc2cccc(I)c2)N=C2N=CN=C12. The average Bonchev–Trinajstić information content (AvgIpc) is 2.76. The van der Waals surface area contributed by atoms with Crippen molar-refractivity contribution in [3.63, 3.8) is 0 Å². The van der Waals surface area contributed by atoms with Crippen molar-refractivity contribution in [1.82, 2.24) is 0 Å².